The summed E-state index contributed by atoms with van der Waals surface area (Å²) in [6.07, 6.45) is 0.898. The van der Waals surface area contributed by atoms with Crippen molar-refractivity contribution in [2.24, 2.45) is 0 Å². The van der Waals surface area contributed by atoms with Crippen LogP contribution in [0.4, 0.5) is 0 Å². The highest BCUT2D eigenvalue weighted by molar-refractivity contribution is 6.33. The number of methoxy groups -OCH3 is 2. The minimum absolute atomic E-state index is 0.622. The molecule has 0 atom stereocenters. The average molecular weight is 304 g/mol. The van der Waals surface area contributed by atoms with Gasteiger partial charge < -0.3 is 14.2 Å². The highest BCUT2D eigenvalue weighted by Gasteiger charge is 2.17. The van der Waals surface area contributed by atoms with Gasteiger partial charge in [0.1, 0.15) is 11.5 Å². The summed E-state index contributed by atoms with van der Waals surface area (Å²) < 4.78 is 16.2. The monoisotopic (exact) mass is 303 g/mol. The molecular weight excluding hydrogens is 288 g/mol. The van der Waals surface area contributed by atoms with Gasteiger partial charge in [0.2, 0.25) is 0 Å². The van der Waals surface area contributed by atoms with E-state index in [1.54, 1.807) is 20.3 Å². The van der Waals surface area contributed by atoms with Gasteiger partial charge in [-0.1, -0.05) is 11.6 Å². The van der Waals surface area contributed by atoms with Crippen molar-refractivity contribution in [1.82, 2.24) is 0 Å². The van der Waals surface area contributed by atoms with Crippen LogP contribution >= 0.6 is 11.6 Å². The van der Waals surface area contributed by atoms with Crippen molar-refractivity contribution in [2.45, 2.75) is 13.0 Å². The number of hydrogen-bond donors (Lipinski definition) is 0. The summed E-state index contributed by atoms with van der Waals surface area (Å²) in [5.41, 5.74) is 4.24. The second-order valence-corrected chi connectivity index (χ2v) is 5.30. The average Bonchev–Trinajstić information content (AvgIpc) is 2.53. The largest absolute Gasteiger partial charge is 0.497 e. The van der Waals surface area contributed by atoms with Crippen molar-refractivity contribution in [3.8, 4) is 22.6 Å². The number of rotatable bonds is 3. The number of hydrogen-bond acceptors (Lipinski definition) is 3. The van der Waals surface area contributed by atoms with Gasteiger partial charge in [0.15, 0.2) is 0 Å². The molecule has 1 heterocycles. The van der Waals surface area contributed by atoms with Crippen LogP contribution in [0.25, 0.3) is 11.1 Å². The van der Waals surface area contributed by atoms with E-state index in [-0.39, 0.29) is 0 Å². The van der Waals surface area contributed by atoms with Crippen molar-refractivity contribution >= 4 is 11.6 Å². The molecule has 2 aromatic rings. The maximum absolute atomic E-state index is 6.45. The number of halogens is 1. The zero-order valence-corrected chi connectivity index (χ0v) is 12.8. The van der Waals surface area contributed by atoms with Gasteiger partial charge in [0.05, 0.1) is 27.4 Å². The minimum atomic E-state index is 0.622. The lowest BCUT2D eigenvalue weighted by atomic mass is 9.96. The molecule has 0 saturated carbocycles. The Kier molecular flexibility index (Phi) is 4.04. The van der Waals surface area contributed by atoms with Crippen molar-refractivity contribution in [2.75, 3.05) is 20.8 Å². The van der Waals surface area contributed by atoms with Gasteiger partial charge in [-0.25, -0.2) is 0 Å². The van der Waals surface area contributed by atoms with Crippen molar-refractivity contribution in [1.29, 1.82) is 0 Å². The fourth-order valence-corrected chi connectivity index (χ4v) is 2.84. The zero-order valence-electron chi connectivity index (χ0n) is 12.0. The van der Waals surface area contributed by atoms with E-state index in [1.807, 2.05) is 12.1 Å². The first kappa shape index (κ1) is 14.2. The summed E-state index contributed by atoms with van der Waals surface area (Å²) in [6.45, 7) is 1.37. The van der Waals surface area contributed by atoms with E-state index in [0.717, 1.165) is 35.5 Å². The Hall–Kier alpha value is -1.71. The maximum atomic E-state index is 6.45. The highest BCUT2D eigenvalue weighted by atomic mass is 35.5. The van der Waals surface area contributed by atoms with Crippen LogP contribution in [0.2, 0.25) is 5.02 Å². The summed E-state index contributed by atoms with van der Waals surface area (Å²) >= 11 is 6.45. The molecule has 0 unspecified atom stereocenters. The van der Waals surface area contributed by atoms with E-state index in [2.05, 4.69) is 12.1 Å². The van der Waals surface area contributed by atoms with Gasteiger partial charge in [-0.2, -0.15) is 0 Å². The van der Waals surface area contributed by atoms with Crippen molar-refractivity contribution in [3.63, 3.8) is 0 Å². The van der Waals surface area contributed by atoms with Crippen LogP contribution in [0, 0.1) is 6.07 Å². The predicted molar refractivity (Wildman–Crippen MR) is 82.2 cm³/mol. The Morgan fingerprint density at radius 2 is 1.95 bits per heavy atom. The van der Waals surface area contributed by atoms with Gasteiger partial charge in [0.25, 0.3) is 0 Å². The van der Waals surface area contributed by atoms with Crippen molar-refractivity contribution in [3.05, 3.63) is 46.5 Å². The molecule has 3 rings (SSSR count). The lowest BCUT2D eigenvalue weighted by Crippen LogP contribution is -2.10. The fraction of sp³-hybridized carbons (Fsp3) is 0.294. The summed E-state index contributed by atoms with van der Waals surface area (Å²) in [6, 6.07) is 10.8. The van der Waals surface area contributed by atoms with E-state index in [4.69, 9.17) is 25.8 Å². The van der Waals surface area contributed by atoms with E-state index in [0.29, 0.717) is 17.4 Å². The molecule has 1 aliphatic heterocycles. The van der Waals surface area contributed by atoms with E-state index in [9.17, 15) is 0 Å². The zero-order chi connectivity index (χ0) is 14.8. The van der Waals surface area contributed by atoms with Crippen LogP contribution in [0.3, 0.4) is 0 Å². The Morgan fingerprint density at radius 1 is 1.10 bits per heavy atom. The smallest absolute Gasteiger partial charge is 0.134 e. The second-order valence-electron chi connectivity index (χ2n) is 4.89. The molecule has 0 aliphatic carbocycles. The lowest BCUT2D eigenvalue weighted by molar-refractivity contribution is 0.111. The Bertz CT molecular complexity index is 667. The maximum Gasteiger partial charge on any atom is 0.134 e. The molecule has 21 heavy (non-hydrogen) atoms. The quantitative estimate of drug-likeness (QED) is 0.861. The van der Waals surface area contributed by atoms with Crippen LogP contribution in [0.5, 0.6) is 11.5 Å². The third-order valence-corrected chi connectivity index (χ3v) is 3.98. The molecule has 0 N–H and O–H groups in total. The minimum Gasteiger partial charge on any atom is -0.497 e. The van der Waals surface area contributed by atoms with Crippen molar-refractivity contribution < 1.29 is 14.2 Å². The normalized spacial score (nSPS) is 13.7. The molecule has 0 bridgehead atoms. The molecule has 0 spiro atoms. The Balaban J connectivity index is 2.15. The van der Waals surface area contributed by atoms with Gasteiger partial charge in [0, 0.05) is 22.2 Å². The molecule has 0 aromatic heterocycles. The molecular formula is C17H16ClO3. The molecule has 0 saturated heterocycles. The first-order chi connectivity index (χ1) is 10.2. The summed E-state index contributed by atoms with van der Waals surface area (Å²) in [5.74, 6) is 1.38. The van der Waals surface area contributed by atoms with Crippen LogP contribution < -0.4 is 9.47 Å². The van der Waals surface area contributed by atoms with Crippen LogP contribution in [0.15, 0.2) is 24.3 Å². The molecule has 3 nitrogen and oxygen atoms in total. The van der Waals surface area contributed by atoms with E-state index >= 15 is 0 Å². The lowest BCUT2D eigenvalue weighted by Gasteiger charge is -2.19. The Morgan fingerprint density at radius 3 is 2.71 bits per heavy atom. The van der Waals surface area contributed by atoms with Gasteiger partial charge in [-0.15, -0.1) is 0 Å². The summed E-state index contributed by atoms with van der Waals surface area (Å²) in [7, 11) is 3.26. The first-order valence-corrected chi connectivity index (χ1v) is 7.14. The first-order valence-electron chi connectivity index (χ1n) is 6.76. The molecule has 109 valence electrons. The second kappa shape index (κ2) is 5.96. The highest BCUT2D eigenvalue weighted by Crippen LogP contribution is 2.39. The summed E-state index contributed by atoms with van der Waals surface area (Å²) in [4.78, 5) is 0. The molecule has 4 heteroatoms. The van der Waals surface area contributed by atoms with Crippen LogP contribution in [0.1, 0.15) is 11.1 Å². The third-order valence-electron chi connectivity index (χ3n) is 3.67. The predicted octanol–water partition coefficient (Wildman–Crippen LogP) is 3.90. The van der Waals surface area contributed by atoms with Gasteiger partial charge >= 0.3 is 0 Å². The number of benzene rings is 2. The Labute approximate surface area is 129 Å². The van der Waals surface area contributed by atoms with E-state index < -0.39 is 0 Å². The van der Waals surface area contributed by atoms with Gasteiger partial charge in [-0.3, -0.25) is 0 Å². The molecule has 1 aliphatic rings. The molecule has 2 aromatic carbocycles. The number of ether oxygens (including phenoxy) is 3. The number of fused-ring (bicyclic) bond motifs is 1. The standard InChI is InChI=1S/C17H16ClO3/c1-19-13-3-4-17(20-2)15(9-13)14-7-11-5-6-21-10-12(11)8-16(14)18/h3,7-9H,5-6,10H2,1-2H3. The SMILES string of the molecule is COc1c[c]c(OC)c(-c2cc3c(cc2Cl)COCC3)c1. The summed E-state index contributed by atoms with van der Waals surface area (Å²) in [5, 5.41) is 0.680. The third kappa shape index (κ3) is 2.71. The van der Waals surface area contributed by atoms with Crippen LogP contribution in [-0.4, -0.2) is 20.8 Å². The molecule has 0 amide bonds. The van der Waals surface area contributed by atoms with Crippen LogP contribution in [-0.2, 0) is 17.8 Å². The topological polar surface area (TPSA) is 27.7 Å². The fourth-order valence-electron chi connectivity index (χ4n) is 2.55. The van der Waals surface area contributed by atoms with E-state index in [1.165, 1.54) is 5.56 Å². The molecule has 0 fully saturated rings. The van der Waals surface area contributed by atoms with Gasteiger partial charge in [-0.05, 0) is 41.8 Å². The molecule has 1 radical (unpaired) electrons.